The second-order valence-corrected chi connectivity index (χ2v) is 4.87. The van der Waals surface area contributed by atoms with Crippen LogP contribution in [0.4, 0.5) is 0 Å². The van der Waals surface area contributed by atoms with Gasteiger partial charge in [0.15, 0.2) is 5.78 Å². The Hall–Kier alpha value is -1.63. The van der Waals surface area contributed by atoms with E-state index in [2.05, 4.69) is 24.3 Å². The lowest BCUT2D eigenvalue weighted by molar-refractivity contribution is 0.101. The molecule has 0 fully saturated rings. The molecule has 0 unspecified atom stereocenters. The molecule has 0 atom stereocenters. The van der Waals surface area contributed by atoms with Crippen LogP contribution < -0.4 is 0 Å². The first-order chi connectivity index (χ1) is 8.27. The van der Waals surface area contributed by atoms with Crippen molar-refractivity contribution in [2.24, 2.45) is 0 Å². The highest BCUT2D eigenvalue weighted by Gasteiger charge is 2.16. The number of hydrogen-bond acceptors (Lipinski definition) is 1. The van der Waals surface area contributed by atoms with Gasteiger partial charge in [-0.2, -0.15) is 0 Å². The lowest BCUT2D eigenvalue weighted by atomic mass is 9.85. The Kier molecular flexibility index (Phi) is 2.47. The lowest BCUT2D eigenvalue weighted by Gasteiger charge is -2.19. The fourth-order valence-corrected chi connectivity index (χ4v) is 2.92. The number of aryl methyl sites for hydroxylation is 2. The molecule has 0 aliphatic heterocycles. The quantitative estimate of drug-likeness (QED) is 0.671. The summed E-state index contributed by atoms with van der Waals surface area (Å²) in [7, 11) is 0. The molecule has 3 rings (SSSR count). The average molecular weight is 224 g/mol. The van der Waals surface area contributed by atoms with Crippen LogP contribution in [0.2, 0.25) is 0 Å². The third kappa shape index (κ3) is 1.66. The van der Waals surface area contributed by atoms with Gasteiger partial charge in [-0.25, -0.2) is 0 Å². The normalized spacial score (nSPS) is 14.6. The molecule has 0 saturated carbocycles. The minimum Gasteiger partial charge on any atom is -0.294 e. The monoisotopic (exact) mass is 224 g/mol. The van der Waals surface area contributed by atoms with Crippen molar-refractivity contribution in [1.82, 2.24) is 0 Å². The van der Waals surface area contributed by atoms with Crippen molar-refractivity contribution < 1.29 is 4.79 Å². The van der Waals surface area contributed by atoms with E-state index in [4.69, 9.17) is 0 Å². The Bertz CT molecular complexity index is 596. The maximum atomic E-state index is 11.7. The minimum atomic E-state index is 0.176. The second-order valence-electron chi connectivity index (χ2n) is 4.87. The van der Waals surface area contributed by atoms with Crippen molar-refractivity contribution in [2.45, 2.75) is 32.6 Å². The van der Waals surface area contributed by atoms with E-state index in [0.29, 0.717) is 0 Å². The smallest absolute Gasteiger partial charge is 0.160 e. The van der Waals surface area contributed by atoms with Crippen molar-refractivity contribution in [3.8, 4) is 0 Å². The van der Waals surface area contributed by atoms with E-state index in [1.54, 1.807) is 6.92 Å². The van der Waals surface area contributed by atoms with Gasteiger partial charge in [-0.3, -0.25) is 4.79 Å². The molecule has 0 aromatic heterocycles. The molecule has 0 amide bonds. The topological polar surface area (TPSA) is 17.1 Å². The first-order valence-electron chi connectivity index (χ1n) is 6.32. The largest absolute Gasteiger partial charge is 0.294 e. The van der Waals surface area contributed by atoms with Crippen molar-refractivity contribution in [2.75, 3.05) is 0 Å². The standard InChI is InChI=1S/C16H16O/c1-11(17)16-10-12-6-2-3-7-13(12)14-8-4-5-9-15(14)16/h4-5,8-10H,2-3,6-7H2,1H3. The highest BCUT2D eigenvalue weighted by atomic mass is 16.1. The third-order valence-electron chi connectivity index (χ3n) is 3.75. The zero-order chi connectivity index (χ0) is 11.8. The molecular formula is C16H16O. The van der Waals surface area contributed by atoms with Gasteiger partial charge >= 0.3 is 0 Å². The van der Waals surface area contributed by atoms with Crippen LogP contribution in [0.5, 0.6) is 0 Å². The zero-order valence-corrected chi connectivity index (χ0v) is 10.1. The summed E-state index contributed by atoms with van der Waals surface area (Å²) < 4.78 is 0. The van der Waals surface area contributed by atoms with Gasteiger partial charge in [0.1, 0.15) is 0 Å². The van der Waals surface area contributed by atoms with Gasteiger partial charge in [0.25, 0.3) is 0 Å². The van der Waals surface area contributed by atoms with E-state index in [9.17, 15) is 4.79 Å². The van der Waals surface area contributed by atoms with E-state index in [-0.39, 0.29) is 5.78 Å². The SMILES string of the molecule is CC(=O)c1cc2c(c3ccccc13)CCCC2. The van der Waals surface area contributed by atoms with Gasteiger partial charge < -0.3 is 0 Å². The van der Waals surface area contributed by atoms with E-state index in [1.807, 2.05) is 6.07 Å². The van der Waals surface area contributed by atoms with Gasteiger partial charge in [0, 0.05) is 5.56 Å². The molecule has 1 aliphatic carbocycles. The highest BCUT2D eigenvalue weighted by Crippen LogP contribution is 2.31. The number of carbonyl (C=O) groups is 1. The van der Waals surface area contributed by atoms with Gasteiger partial charge in [-0.1, -0.05) is 24.3 Å². The Balaban J connectivity index is 2.39. The summed E-state index contributed by atoms with van der Waals surface area (Å²) in [5.41, 5.74) is 3.75. The molecular weight excluding hydrogens is 208 g/mol. The van der Waals surface area contributed by atoms with Crippen LogP contribution in [0.3, 0.4) is 0 Å². The zero-order valence-electron chi connectivity index (χ0n) is 10.1. The van der Waals surface area contributed by atoms with Crippen molar-refractivity contribution in [3.63, 3.8) is 0 Å². The van der Waals surface area contributed by atoms with E-state index in [1.165, 1.54) is 29.4 Å². The molecule has 0 spiro atoms. The minimum absolute atomic E-state index is 0.176. The summed E-state index contributed by atoms with van der Waals surface area (Å²) in [6, 6.07) is 10.4. The van der Waals surface area contributed by atoms with Gasteiger partial charge in [-0.15, -0.1) is 0 Å². The number of Topliss-reactive ketones (excluding diaryl/α,β-unsaturated/α-hetero) is 1. The molecule has 17 heavy (non-hydrogen) atoms. The summed E-state index contributed by atoms with van der Waals surface area (Å²) >= 11 is 0. The lowest BCUT2D eigenvalue weighted by Crippen LogP contribution is -2.06. The Morgan fingerprint density at radius 1 is 1.06 bits per heavy atom. The molecule has 0 bridgehead atoms. The first kappa shape index (κ1) is 10.5. The number of ketones is 1. The summed E-state index contributed by atoms with van der Waals surface area (Å²) in [4.78, 5) is 11.7. The number of benzene rings is 2. The predicted octanol–water partition coefficient (Wildman–Crippen LogP) is 3.92. The Morgan fingerprint density at radius 2 is 1.76 bits per heavy atom. The number of fused-ring (bicyclic) bond motifs is 3. The van der Waals surface area contributed by atoms with Crippen LogP contribution in [0.15, 0.2) is 30.3 Å². The molecule has 0 N–H and O–H groups in total. The van der Waals surface area contributed by atoms with Crippen LogP contribution in [-0.2, 0) is 12.8 Å². The Morgan fingerprint density at radius 3 is 2.53 bits per heavy atom. The summed E-state index contributed by atoms with van der Waals surface area (Å²) in [5.74, 6) is 0.176. The molecule has 1 aliphatic rings. The van der Waals surface area contributed by atoms with Crippen LogP contribution in [0, 0.1) is 0 Å². The van der Waals surface area contributed by atoms with Gasteiger partial charge in [0.2, 0.25) is 0 Å². The molecule has 86 valence electrons. The fraction of sp³-hybridized carbons (Fsp3) is 0.312. The van der Waals surface area contributed by atoms with Crippen molar-refractivity contribution in [1.29, 1.82) is 0 Å². The number of hydrogen-bond donors (Lipinski definition) is 0. The molecule has 1 heteroatoms. The first-order valence-corrected chi connectivity index (χ1v) is 6.32. The van der Waals surface area contributed by atoms with E-state index < -0.39 is 0 Å². The maximum absolute atomic E-state index is 11.7. The van der Waals surface area contributed by atoms with Crippen LogP contribution in [0.25, 0.3) is 10.8 Å². The van der Waals surface area contributed by atoms with Gasteiger partial charge in [-0.05, 0) is 60.6 Å². The van der Waals surface area contributed by atoms with Crippen LogP contribution in [0.1, 0.15) is 41.3 Å². The third-order valence-corrected chi connectivity index (χ3v) is 3.75. The van der Waals surface area contributed by atoms with Crippen molar-refractivity contribution in [3.05, 3.63) is 47.0 Å². The fourth-order valence-electron chi connectivity index (χ4n) is 2.92. The second kappa shape index (κ2) is 3.99. The number of carbonyl (C=O) groups excluding carboxylic acids is 1. The van der Waals surface area contributed by atoms with Crippen molar-refractivity contribution >= 4 is 16.6 Å². The van der Waals surface area contributed by atoms with E-state index >= 15 is 0 Å². The molecule has 2 aromatic carbocycles. The summed E-state index contributed by atoms with van der Waals surface area (Å²) in [6.07, 6.45) is 4.81. The van der Waals surface area contributed by atoms with Crippen LogP contribution >= 0.6 is 0 Å². The van der Waals surface area contributed by atoms with Crippen LogP contribution in [-0.4, -0.2) is 5.78 Å². The van der Waals surface area contributed by atoms with E-state index in [0.717, 1.165) is 23.8 Å². The Labute approximate surface area is 101 Å². The number of rotatable bonds is 1. The molecule has 0 saturated heterocycles. The highest BCUT2D eigenvalue weighted by molar-refractivity contribution is 6.08. The molecule has 1 nitrogen and oxygen atoms in total. The molecule has 0 radical (unpaired) electrons. The summed E-state index contributed by atoms with van der Waals surface area (Å²) in [5, 5.41) is 2.41. The average Bonchev–Trinajstić information content (AvgIpc) is 2.37. The summed E-state index contributed by atoms with van der Waals surface area (Å²) in [6.45, 7) is 1.66. The predicted molar refractivity (Wildman–Crippen MR) is 70.6 cm³/mol. The van der Waals surface area contributed by atoms with Gasteiger partial charge in [0.05, 0.1) is 0 Å². The molecule has 0 heterocycles. The molecule has 2 aromatic rings. The maximum Gasteiger partial charge on any atom is 0.160 e.